The van der Waals surface area contributed by atoms with Crippen molar-refractivity contribution in [2.75, 3.05) is 0 Å². The first-order valence-electron chi connectivity index (χ1n) is 13.3. The van der Waals surface area contributed by atoms with Crippen LogP contribution in [0.25, 0.3) is 11.0 Å². The molecule has 1 aliphatic rings. The van der Waals surface area contributed by atoms with Crippen LogP contribution >= 0.6 is 0 Å². The molecule has 1 atom stereocenters. The predicted molar refractivity (Wildman–Crippen MR) is 140 cm³/mol. The molecule has 8 nitrogen and oxygen atoms in total. The van der Waals surface area contributed by atoms with Crippen molar-refractivity contribution < 1.29 is 31.5 Å². The summed E-state index contributed by atoms with van der Waals surface area (Å²) in [4.78, 5) is 31.7. The highest BCUT2D eigenvalue weighted by Crippen LogP contribution is 2.32. The van der Waals surface area contributed by atoms with Crippen molar-refractivity contribution in [2.24, 2.45) is 5.92 Å². The topological polar surface area (TPSA) is 105 Å². The van der Waals surface area contributed by atoms with Crippen LogP contribution in [0.3, 0.4) is 0 Å². The number of benzene rings is 1. The number of fused-ring (bicyclic) bond motifs is 1. The van der Waals surface area contributed by atoms with Crippen molar-refractivity contribution in [3.8, 4) is 0 Å². The number of carbonyl (C=O) groups is 2. The number of halogens is 5. The number of carbonyl (C=O) groups excluding carboxylic acids is 2. The molecule has 0 saturated heterocycles. The summed E-state index contributed by atoms with van der Waals surface area (Å²) >= 11 is 0. The molecule has 0 radical (unpaired) electrons. The highest BCUT2D eigenvalue weighted by atomic mass is 19.4. The van der Waals surface area contributed by atoms with Gasteiger partial charge in [-0.2, -0.15) is 18.3 Å². The summed E-state index contributed by atoms with van der Waals surface area (Å²) in [7, 11) is 0. The molecule has 2 heterocycles. The second-order valence-corrected chi connectivity index (χ2v) is 10.3. The largest absolute Gasteiger partial charge is 0.392 e. The zero-order valence-corrected chi connectivity index (χ0v) is 22.7. The molecule has 1 aromatic carbocycles. The van der Waals surface area contributed by atoms with Crippen molar-refractivity contribution in [3.63, 3.8) is 0 Å². The van der Waals surface area contributed by atoms with Gasteiger partial charge < -0.3 is 15.6 Å². The van der Waals surface area contributed by atoms with E-state index in [0.29, 0.717) is 41.0 Å². The van der Waals surface area contributed by atoms with E-state index in [4.69, 9.17) is 0 Å². The van der Waals surface area contributed by atoms with Gasteiger partial charge in [0.2, 0.25) is 11.8 Å². The number of imidazole rings is 1. The fourth-order valence-electron chi connectivity index (χ4n) is 4.20. The van der Waals surface area contributed by atoms with E-state index < -0.39 is 30.3 Å². The van der Waals surface area contributed by atoms with E-state index in [2.05, 4.69) is 25.7 Å². The average molecular weight is 571 g/mol. The molecule has 3 aromatic rings. The van der Waals surface area contributed by atoms with Crippen LogP contribution in [-0.4, -0.2) is 43.7 Å². The Hall–Kier alpha value is -3.51. The van der Waals surface area contributed by atoms with Gasteiger partial charge in [0, 0.05) is 38.0 Å². The van der Waals surface area contributed by atoms with E-state index in [1.165, 1.54) is 0 Å². The lowest BCUT2D eigenvalue weighted by Gasteiger charge is -2.20. The molecule has 40 heavy (non-hydrogen) atoms. The Kier molecular flexibility index (Phi) is 10.3. The Balaban J connectivity index is 0.000000472. The number of H-pyrrole nitrogens is 1. The summed E-state index contributed by atoms with van der Waals surface area (Å²) in [5.41, 5.74) is 2.53. The van der Waals surface area contributed by atoms with Crippen LogP contribution in [0.1, 0.15) is 87.2 Å². The Bertz CT molecular complexity index is 1280. The van der Waals surface area contributed by atoms with Gasteiger partial charge in [-0.15, -0.1) is 0 Å². The molecule has 13 heteroatoms. The van der Waals surface area contributed by atoms with E-state index in [1.54, 1.807) is 35.1 Å². The lowest BCUT2D eigenvalue weighted by Crippen LogP contribution is -2.29. The summed E-state index contributed by atoms with van der Waals surface area (Å²) in [5, 5.41) is 9.45. The van der Waals surface area contributed by atoms with E-state index in [-0.39, 0.29) is 37.9 Å². The Labute approximate surface area is 229 Å². The highest BCUT2D eigenvalue weighted by Gasteiger charge is 2.37. The lowest BCUT2D eigenvalue weighted by atomic mass is 9.97. The summed E-state index contributed by atoms with van der Waals surface area (Å²) in [5.74, 6) is -4.41. The maximum absolute atomic E-state index is 12.6. The minimum Gasteiger partial charge on any atom is -0.352 e. The van der Waals surface area contributed by atoms with Gasteiger partial charge in [0.05, 0.1) is 23.5 Å². The van der Waals surface area contributed by atoms with Crippen LogP contribution < -0.4 is 10.6 Å². The molecule has 4 rings (SSSR count). The van der Waals surface area contributed by atoms with Crippen molar-refractivity contribution in [1.82, 2.24) is 30.4 Å². The Morgan fingerprint density at radius 2 is 1.75 bits per heavy atom. The second-order valence-electron chi connectivity index (χ2n) is 10.3. The van der Waals surface area contributed by atoms with Gasteiger partial charge in [0.15, 0.2) is 0 Å². The van der Waals surface area contributed by atoms with Gasteiger partial charge in [0.1, 0.15) is 11.5 Å². The van der Waals surface area contributed by atoms with Crippen LogP contribution in [0.5, 0.6) is 0 Å². The minimum atomic E-state index is -4.40. The first kappa shape index (κ1) is 31.0. The standard InChI is InChI=1S/C21H25F3N6O2.C6H10F2/c1-12(2)30-17(6-7-27-30)20(32)26-11-18-28-15-5-4-14(9-16(15)29-18)10-25-19(31)8-13(3)21(22,23)24;7-6(8)4-2-1-3-5-6/h4-7,9,12-13H,8,10-11H2,1-3H3,(H,25,31)(H,26,32)(H,28,29);1-5H2. The quantitative estimate of drug-likeness (QED) is 0.286. The van der Waals surface area contributed by atoms with Gasteiger partial charge in [-0.05, 0) is 50.5 Å². The molecule has 3 N–H and O–H groups in total. The third-order valence-corrected chi connectivity index (χ3v) is 6.53. The number of hydrogen-bond acceptors (Lipinski definition) is 4. The first-order chi connectivity index (χ1) is 18.7. The fraction of sp³-hybridized carbons (Fsp3) is 0.556. The molecule has 2 amide bonds. The SMILES string of the molecule is CC(C)n1nccc1C(=O)NCc1nc2ccc(CNC(=O)CC(C)C(F)(F)F)cc2[nH]1.FC1(F)CCCCC1. The third kappa shape index (κ3) is 9.02. The second kappa shape index (κ2) is 13.2. The van der Waals surface area contributed by atoms with Crippen molar-refractivity contribution in [2.45, 2.75) is 90.5 Å². The van der Waals surface area contributed by atoms with Gasteiger partial charge in [-0.25, -0.2) is 13.8 Å². The van der Waals surface area contributed by atoms with Gasteiger partial charge in [-0.3, -0.25) is 14.3 Å². The molecule has 1 aliphatic carbocycles. The molecule has 2 aromatic heterocycles. The van der Waals surface area contributed by atoms with Crippen LogP contribution in [-0.2, 0) is 17.9 Å². The summed E-state index contributed by atoms with van der Waals surface area (Å²) in [6, 6.07) is 6.93. The number of nitrogens with zero attached hydrogens (tertiary/aromatic N) is 3. The number of alkyl halides is 5. The summed E-state index contributed by atoms with van der Waals surface area (Å²) < 4.78 is 63.8. The van der Waals surface area contributed by atoms with Crippen LogP contribution in [0.15, 0.2) is 30.5 Å². The number of aromatic nitrogens is 4. The third-order valence-electron chi connectivity index (χ3n) is 6.53. The fourth-order valence-corrected chi connectivity index (χ4v) is 4.20. The number of hydrogen-bond donors (Lipinski definition) is 3. The normalized spacial score (nSPS) is 15.8. The van der Waals surface area contributed by atoms with Crippen molar-refractivity contribution in [1.29, 1.82) is 0 Å². The van der Waals surface area contributed by atoms with E-state index in [0.717, 1.165) is 13.3 Å². The first-order valence-corrected chi connectivity index (χ1v) is 13.3. The highest BCUT2D eigenvalue weighted by molar-refractivity contribution is 5.92. The van der Waals surface area contributed by atoms with Gasteiger partial charge in [0.25, 0.3) is 5.91 Å². The summed E-state index contributed by atoms with van der Waals surface area (Å²) in [6.45, 7) is 5.12. The molecule has 1 saturated carbocycles. The molecule has 0 bridgehead atoms. The van der Waals surface area contributed by atoms with E-state index >= 15 is 0 Å². The Morgan fingerprint density at radius 3 is 2.35 bits per heavy atom. The number of aromatic amines is 1. The van der Waals surface area contributed by atoms with Crippen molar-refractivity contribution in [3.05, 3.63) is 47.5 Å². The van der Waals surface area contributed by atoms with Crippen molar-refractivity contribution >= 4 is 22.8 Å². The zero-order chi connectivity index (χ0) is 29.5. The molecular formula is C27H35F5N6O2. The maximum Gasteiger partial charge on any atom is 0.392 e. The van der Waals surface area contributed by atoms with Crippen LogP contribution in [0.2, 0.25) is 0 Å². The average Bonchev–Trinajstić information content (AvgIpc) is 3.53. The smallest absolute Gasteiger partial charge is 0.352 e. The predicted octanol–water partition coefficient (Wildman–Crippen LogP) is 6.06. The monoisotopic (exact) mass is 570 g/mol. The van der Waals surface area contributed by atoms with E-state index in [1.807, 2.05) is 13.8 Å². The maximum atomic E-state index is 12.6. The lowest BCUT2D eigenvalue weighted by molar-refractivity contribution is -0.174. The van der Waals surface area contributed by atoms with Crippen LogP contribution in [0.4, 0.5) is 22.0 Å². The van der Waals surface area contributed by atoms with Gasteiger partial charge >= 0.3 is 6.18 Å². The number of rotatable bonds is 8. The van der Waals surface area contributed by atoms with E-state index in [9.17, 15) is 31.5 Å². The zero-order valence-electron chi connectivity index (χ0n) is 22.7. The molecule has 220 valence electrons. The molecule has 1 unspecified atom stereocenters. The molecule has 0 aliphatic heterocycles. The van der Waals surface area contributed by atoms with Gasteiger partial charge in [-0.1, -0.05) is 19.4 Å². The Morgan fingerprint density at radius 1 is 1.05 bits per heavy atom. The minimum absolute atomic E-state index is 0.0486. The number of amides is 2. The van der Waals surface area contributed by atoms with Crippen LogP contribution in [0, 0.1) is 5.92 Å². The molecular weight excluding hydrogens is 535 g/mol. The molecule has 1 fully saturated rings. The number of nitrogens with one attached hydrogen (secondary N) is 3. The molecule has 0 spiro atoms. The summed E-state index contributed by atoms with van der Waals surface area (Å²) in [6.07, 6.45) is -0.780.